The van der Waals surface area contributed by atoms with Gasteiger partial charge in [-0.2, -0.15) is 0 Å². The summed E-state index contributed by atoms with van der Waals surface area (Å²) in [5, 5.41) is 9.41. The molecule has 0 aliphatic heterocycles. The molecule has 1 aromatic carbocycles. The fourth-order valence-corrected chi connectivity index (χ4v) is 1.47. The highest BCUT2D eigenvalue weighted by molar-refractivity contribution is 5.27. The first-order chi connectivity index (χ1) is 6.65. The molecule has 2 atom stereocenters. The second-order valence-electron chi connectivity index (χ2n) is 3.89. The average molecular weight is 193 g/mol. The SMILES string of the molecule is CC(O)C(C)Cc1ccccc1CN. The predicted molar refractivity (Wildman–Crippen MR) is 58.9 cm³/mol. The first-order valence-corrected chi connectivity index (χ1v) is 5.10. The van der Waals surface area contributed by atoms with Crippen molar-refractivity contribution in [1.82, 2.24) is 0 Å². The lowest BCUT2D eigenvalue weighted by molar-refractivity contribution is 0.135. The van der Waals surface area contributed by atoms with E-state index in [2.05, 4.69) is 13.0 Å². The van der Waals surface area contributed by atoms with Crippen molar-refractivity contribution < 1.29 is 5.11 Å². The Morgan fingerprint density at radius 2 is 1.79 bits per heavy atom. The minimum atomic E-state index is -0.263. The van der Waals surface area contributed by atoms with E-state index in [1.165, 1.54) is 11.1 Å². The van der Waals surface area contributed by atoms with Crippen LogP contribution in [0.4, 0.5) is 0 Å². The third-order valence-electron chi connectivity index (χ3n) is 2.70. The zero-order valence-electron chi connectivity index (χ0n) is 8.90. The summed E-state index contributed by atoms with van der Waals surface area (Å²) in [4.78, 5) is 0. The summed E-state index contributed by atoms with van der Waals surface area (Å²) in [6.07, 6.45) is 0.631. The van der Waals surface area contributed by atoms with Gasteiger partial charge in [0.1, 0.15) is 0 Å². The predicted octanol–water partition coefficient (Wildman–Crippen LogP) is 1.70. The maximum atomic E-state index is 9.41. The van der Waals surface area contributed by atoms with Gasteiger partial charge in [0.25, 0.3) is 0 Å². The van der Waals surface area contributed by atoms with Crippen molar-refractivity contribution in [3.05, 3.63) is 35.4 Å². The van der Waals surface area contributed by atoms with Crippen molar-refractivity contribution >= 4 is 0 Å². The van der Waals surface area contributed by atoms with Crippen LogP contribution in [-0.2, 0) is 13.0 Å². The van der Waals surface area contributed by atoms with Gasteiger partial charge in [0, 0.05) is 6.54 Å². The van der Waals surface area contributed by atoms with Crippen LogP contribution < -0.4 is 5.73 Å². The summed E-state index contributed by atoms with van der Waals surface area (Å²) >= 11 is 0. The van der Waals surface area contributed by atoms with Crippen LogP contribution >= 0.6 is 0 Å². The van der Waals surface area contributed by atoms with E-state index < -0.39 is 0 Å². The topological polar surface area (TPSA) is 46.2 Å². The fourth-order valence-electron chi connectivity index (χ4n) is 1.47. The van der Waals surface area contributed by atoms with Gasteiger partial charge in [0.15, 0.2) is 0 Å². The largest absolute Gasteiger partial charge is 0.393 e. The van der Waals surface area contributed by atoms with Crippen molar-refractivity contribution in [3.8, 4) is 0 Å². The molecule has 78 valence electrons. The van der Waals surface area contributed by atoms with E-state index in [0.717, 1.165) is 6.42 Å². The summed E-state index contributed by atoms with van der Waals surface area (Å²) in [5.74, 6) is 0.280. The maximum absolute atomic E-state index is 9.41. The number of aliphatic hydroxyl groups excluding tert-OH is 1. The Kier molecular flexibility index (Phi) is 4.11. The molecule has 0 bridgehead atoms. The number of aliphatic hydroxyl groups is 1. The van der Waals surface area contributed by atoms with E-state index in [9.17, 15) is 5.11 Å². The van der Waals surface area contributed by atoms with Crippen LogP contribution in [0.15, 0.2) is 24.3 Å². The van der Waals surface area contributed by atoms with Crippen LogP contribution in [0, 0.1) is 5.92 Å². The molecule has 14 heavy (non-hydrogen) atoms. The molecule has 0 saturated carbocycles. The van der Waals surface area contributed by atoms with Gasteiger partial charge in [0.2, 0.25) is 0 Å². The van der Waals surface area contributed by atoms with E-state index in [1.807, 2.05) is 25.1 Å². The van der Waals surface area contributed by atoms with E-state index in [0.29, 0.717) is 6.54 Å². The molecule has 1 aromatic rings. The number of hydrogen-bond donors (Lipinski definition) is 2. The molecule has 0 spiro atoms. The van der Waals surface area contributed by atoms with E-state index >= 15 is 0 Å². The number of nitrogens with two attached hydrogens (primary N) is 1. The summed E-state index contributed by atoms with van der Waals surface area (Å²) < 4.78 is 0. The monoisotopic (exact) mass is 193 g/mol. The summed E-state index contributed by atoms with van der Waals surface area (Å²) in [6, 6.07) is 8.15. The lowest BCUT2D eigenvalue weighted by atomic mass is 9.94. The van der Waals surface area contributed by atoms with E-state index in [1.54, 1.807) is 0 Å². The van der Waals surface area contributed by atoms with Gasteiger partial charge >= 0.3 is 0 Å². The number of hydrogen-bond acceptors (Lipinski definition) is 2. The average Bonchev–Trinajstić information content (AvgIpc) is 2.18. The first kappa shape index (κ1) is 11.2. The molecular formula is C12H19NO. The quantitative estimate of drug-likeness (QED) is 0.764. The Hall–Kier alpha value is -0.860. The van der Waals surface area contributed by atoms with Crippen molar-refractivity contribution in [2.45, 2.75) is 32.9 Å². The molecule has 1 rings (SSSR count). The summed E-state index contributed by atoms with van der Waals surface area (Å²) in [5.41, 5.74) is 8.07. The minimum Gasteiger partial charge on any atom is -0.393 e. The van der Waals surface area contributed by atoms with Crippen LogP contribution in [0.1, 0.15) is 25.0 Å². The van der Waals surface area contributed by atoms with Crippen molar-refractivity contribution in [3.63, 3.8) is 0 Å². The van der Waals surface area contributed by atoms with Crippen molar-refractivity contribution in [1.29, 1.82) is 0 Å². The lowest BCUT2D eigenvalue weighted by Gasteiger charge is -2.16. The van der Waals surface area contributed by atoms with Gasteiger partial charge in [-0.15, -0.1) is 0 Å². The minimum absolute atomic E-state index is 0.263. The standard InChI is InChI=1S/C12H19NO/c1-9(10(2)14)7-11-5-3-4-6-12(11)8-13/h3-6,9-10,14H,7-8,13H2,1-2H3. The van der Waals surface area contributed by atoms with Crippen molar-refractivity contribution in [2.24, 2.45) is 11.7 Å². The highest BCUT2D eigenvalue weighted by atomic mass is 16.3. The third-order valence-corrected chi connectivity index (χ3v) is 2.70. The van der Waals surface area contributed by atoms with Gasteiger partial charge in [-0.05, 0) is 30.4 Å². The molecule has 0 radical (unpaired) electrons. The molecule has 2 heteroatoms. The highest BCUT2D eigenvalue weighted by Gasteiger charge is 2.11. The Labute approximate surface area is 85.8 Å². The third kappa shape index (κ3) is 2.82. The highest BCUT2D eigenvalue weighted by Crippen LogP contribution is 2.15. The van der Waals surface area contributed by atoms with E-state index in [4.69, 9.17) is 5.73 Å². The normalized spacial score (nSPS) is 15.1. The van der Waals surface area contributed by atoms with Crippen molar-refractivity contribution in [2.75, 3.05) is 0 Å². The molecule has 0 aromatic heterocycles. The number of rotatable bonds is 4. The van der Waals surface area contributed by atoms with Gasteiger partial charge in [0.05, 0.1) is 6.10 Å². The van der Waals surface area contributed by atoms with Crippen LogP contribution in [-0.4, -0.2) is 11.2 Å². The van der Waals surface area contributed by atoms with Crippen LogP contribution in [0.3, 0.4) is 0 Å². The molecule has 0 aliphatic rings. The molecule has 0 heterocycles. The fraction of sp³-hybridized carbons (Fsp3) is 0.500. The molecule has 0 amide bonds. The van der Waals surface area contributed by atoms with Crippen LogP contribution in [0.2, 0.25) is 0 Å². The summed E-state index contributed by atoms with van der Waals surface area (Å²) in [6.45, 7) is 4.45. The molecule has 0 fully saturated rings. The first-order valence-electron chi connectivity index (χ1n) is 5.10. The van der Waals surface area contributed by atoms with Gasteiger partial charge in [-0.25, -0.2) is 0 Å². The molecule has 2 nitrogen and oxygen atoms in total. The molecule has 3 N–H and O–H groups in total. The maximum Gasteiger partial charge on any atom is 0.0540 e. The van der Waals surface area contributed by atoms with Crippen LogP contribution in [0.5, 0.6) is 0 Å². The zero-order chi connectivity index (χ0) is 10.6. The smallest absolute Gasteiger partial charge is 0.0540 e. The Morgan fingerprint density at radius 1 is 1.21 bits per heavy atom. The van der Waals surface area contributed by atoms with Gasteiger partial charge in [-0.1, -0.05) is 31.2 Å². The molecular weight excluding hydrogens is 174 g/mol. The van der Waals surface area contributed by atoms with Gasteiger partial charge < -0.3 is 10.8 Å². The molecule has 0 saturated heterocycles. The second-order valence-corrected chi connectivity index (χ2v) is 3.89. The Morgan fingerprint density at radius 3 is 2.29 bits per heavy atom. The summed E-state index contributed by atoms with van der Waals surface area (Å²) in [7, 11) is 0. The Balaban J connectivity index is 2.75. The number of benzene rings is 1. The van der Waals surface area contributed by atoms with E-state index in [-0.39, 0.29) is 12.0 Å². The second kappa shape index (κ2) is 5.13. The molecule has 2 unspecified atom stereocenters. The Bertz CT molecular complexity index is 283. The zero-order valence-corrected chi connectivity index (χ0v) is 8.90. The van der Waals surface area contributed by atoms with Gasteiger partial charge in [-0.3, -0.25) is 0 Å². The lowest BCUT2D eigenvalue weighted by Crippen LogP contribution is -2.16. The molecule has 0 aliphatic carbocycles. The van der Waals surface area contributed by atoms with Crippen LogP contribution in [0.25, 0.3) is 0 Å².